The van der Waals surface area contributed by atoms with Crippen molar-refractivity contribution >= 4 is 21.6 Å². The lowest BCUT2D eigenvalue weighted by Crippen LogP contribution is -2.31. The first-order chi connectivity index (χ1) is 5.38. The fourth-order valence-electron chi connectivity index (χ4n) is 2.70. The molecule has 0 bridgehead atoms. The topological polar surface area (TPSA) is 0 Å². The van der Waals surface area contributed by atoms with Crippen molar-refractivity contribution in [1.82, 2.24) is 0 Å². The van der Waals surface area contributed by atoms with Crippen molar-refractivity contribution in [2.24, 2.45) is 0 Å². The Labute approximate surface area is 71.5 Å². The first-order valence-electron chi connectivity index (χ1n) is 5.07. The van der Waals surface area contributed by atoms with Gasteiger partial charge in [0.25, 0.3) is 0 Å². The van der Waals surface area contributed by atoms with E-state index in [0.29, 0.717) is 0 Å². The smallest absolute Gasteiger partial charge is 0.0872 e. The number of allylic oxidation sites excluding steroid dienone is 2. The molecule has 1 atom stereocenters. The average molecular weight is 144 g/mol. The summed E-state index contributed by atoms with van der Waals surface area (Å²) in [4.78, 5) is 0. The Morgan fingerprint density at radius 2 is 2.55 bits per heavy atom. The van der Waals surface area contributed by atoms with Gasteiger partial charge in [-0.15, -0.1) is 0 Å². The lowest BCUT2D eigenvalue weighted by Gasteiger charge is -2.31. The molecule has 0 aromatic heterocycles. The molecular weight excluding hydrogens is 129 g/mol. The molecule has 0 radical (unpaired) electrons. The molecule has 2 rings (SSSR count). The Morgan fingerprint density at radius 3 is 3.36 bits per heavy atom. The zero-order chi connectivity index (χ0) is 7.68. The van der Waals surface area contributed by atoms with Gasteiger partial charge in [-0.25, -0.2) is 0 Å². The number of hydrogen-bond acceptors (Lipinski definition) is 0. The van der Waals surface area contributed by atoms with Crippen LogP contribution < -0.4 is 0 Å². The maximum Gasteiger partial charge on any atom is 0.120 e. The summed E-state index contributed by atoms with van der Waals surface area (Å²) < 4.78 is 0. The summed E-state index contributed by atoms with van der Waals surface area (Å²) in [6, 6.07) is 0. The first kappa shape index (κ1) is 7.58. The zero-order valence-electron chi connectivity index (χ0n) is 7.47. The molecule has 2 aliphatic rings. The van der Waals surface area contributed by atoms with E-state index >= 15 is 0 Å². The number of fused-ring (bicyclic) bond motifs is 1. The van der Waals surface area contributed by atoms with E-state index in [-0.39, 0.29) is 0 Å². The van der Waals surface area contributed by atoms with E-state index in [2.05, 4.69) is 13.8 Å². The molecule has 0 N–H and O–H groups in total. The maximum atomic E-state index is 2.52. The first-order valence-corrected chi connectivity index (χ1v) is 5.07. The van der Waals surface area contributed by atoms with Gasteiger partial charge in [-0.3, -0.25) is 0 Å². The lowest BCUT2D eigenvalue weighted by molar-refractivity contribution is 0.827. The van der Waals surface area contributed by atoms with Crippen molar-refractivity contribution < 1.29 is 0 Å². The van der Waals surface area contributed by atoms with Crippen molar-refractivity contribution in [3.63, 3.8) is 0 Å². The van der Waals surface area contributed by atoms with Crippen LogP contribution in [0, 0.1) is 0 Å². The monoisotopic (exact) mass is 144 g/mol. The standard InChI is InChI=1S/C8H15B3/c9-11-6-2-4-7-3-1-5-10-8(7)11/h4,8,10H,1-3,5-6,9H2/t8-/m0/s1. The maximum absolute atomic E-state index is 2.52. The molecule has 56 valence electrons. The molecule has 3 heteroatoms. The minimum atomic E-state index is 0.982. The minimum Gasteiger partial charge on any atom is -0.0872 e. The molecule has 1 fully saturated rings. The molecule has 0 aromatic rings. The SMILES string of the molecule is BB1CCC=C2CCCB[C@@H]12. The Morgan fingerprint density at radius 1 is 1.64 bits per heavy atom. The summed E-state index contributed by atoms with van der Waals surface area (Å²) in [5, 5.41) is 0. The molecule has 11 heavy (non-hydrogen) atoms. The van der Waals surface area contributed by atoms with Gasteiger partial charge in [0.05, 0.1) is 7.74 Å². The summed E-state index contributed by atoms with van der Waals surface area (Å²) >= 11 is 0. The van der Waals surface area contributed by atoms with Gasteiger partial charge in [-0.2, -0.15) is 0 Å². The van der Waals surface area contributed by atoms with Crippen molar-refractivity contribution in [3.8, 4) is 0 Å². The fraction of sp³-hybridized carbons (Fsp3) is 0.750. The van der Waals surface area contributed by atoms with Crippen LogP contribution in [0.5, 0.6) is 0 Å². The van der Waals surface area contributed by atoms with Crippen molar-refractivity contribution in [3.05, 3.63) is 11.6 Å². The van der Waals surface area contributed by atoms with Crippen LogP contribution in [0.25, 0.3) is 0 Å². The fourth-order valence-corrected chi connectivity index (χ4v) is 2.70. The van der Waals surface area contributed by atoms with E-state index in [1.165, 1.54) is 39.2 Å². The van der Waals surface area contributed by atoms with Crippen LogP contribution in [0.3, 0.4) is 0 Å². The summed E-state index contributed by atoms with van der Waals surface area (Å²) in [6.45, 7) is 0.982. The highest BCUT2D eigenvalue weighted by molar-refractivity contribution is 7.08. The largest absolute Gasteiger partial charge is 0.120 e. The molecule has 0 aromatic carbocycles. The van der Waals surface area contributed by atoms with Crippen molar-refractivity contribution in [2.75, 3.05) is 0 Å². The van der Waals surface area contributed by atoms with Crippen LogP contribution in [0.4, 0.5) is 0 Å². The minimum absolute atomic E-state index is 0.982. The van der Waals surface area contributed by atoms with Gasteiger partial charge in [0, 0.05) is 0 Å². The molecular formula is C8H15B3. The molecule has 1 saturated heterocycles. The summed E-state index contributed by atoms with van der Waals surface area (Å²) in [7, 11) is 3.91. The highest BCUT2D eigenvalue weighted by atomic mass is 14.1. The summed E-state index contributed by atoms with van der Waals surface area (Å²) in [5.74, 6) is 0. The third kappa shape index (κ3) is 1.43. The Balaban J connectivity index is 2.13. The average Bonchev–Trinajstić information content (AvgIpc) is 2.06. The molecule has 2 heterocycles. The third-order valence-corrected chi connectivity index (χ3v) is 3.42. The van der Waals surface area contributed by atoms with E-state index in [9.17, 15) is 0 Å². The second-order valence-corrected chi connectivity index (χ2v) is 4.19. The van der Waals surface area contributed by atoms with Crippen LogP contribution in [-0.4, -0.2) is 21.6 Å². The van der Waals surface area contributed by atoms with Crippen LogP contribution in [0.1, 0.15) is 19.3 Å². The molecule has 0 amide bonds. The number of rotatable bonds is 0. The van der Waals surface area contributed by atoms with E-state index in [0.717, 1.165) is 12.3 Å². The second kappa shape index (κ2) is 3.12. The van der Waals surface area contributed by atoms with Crippen LogP contribution >= 0.6 is 0 Å². The van der Waals surface area contributed by atoms with Crippen LogP contribution in [0.2, 0.25) is 18.4 Å². The van der Waals surface area contributed by atoms with Gasteiger partial charge < -0.3 is 0 Å². The predicted octanol–water partition coefficient (Wildman–Crippen LogP) is 0.917. The highest BCUT2D eigenvalue weighted by Gasteiger charge is 2.28. The van der Waals surface area contributed by atoms with Gasteiger partial charge in [-0.05, 0) is 12.8 Å². The van der Waals surface area contributed by atoms with Crippen LogP contribution in [0.15, 0.2) is 11.6 Å². The summed E-state index contributed by atoms with van der Waals surface area (Å²) in [6.07, 6.45) is 9.65. The van der Waals surface area contributed by atoms with Crippen LogP contribution in [-0.2, 0) is 0 Å². The second-order valence-electron chi connectivity index (χ2n) is 4.19. The molecule has 0 spiro atoms. The van der Waals surface area contributed by atoms with E-state index < -0.39 is 0 Å². The van der Waals surface area contributed by atoms with Gasteiger partial charge in [-0.1, -0.05) is 36.4 Å². The van der Waals surface area contributed by atoms with Crippen molar-refractivity contribution in [1.29, 1.82) is 0 Å². The molecule has 2 aliphatic heterocycles. The Bertz CT molecular complexity index is 176. The third-order valence-electron chi connectivity index (χ3n) is 3.42. The highest BCUT2D eigenvalue weighted by Crippen LogP contribution is 2.35. The number of hydrogen-bond donors (Lipinski definition) is 0. The lowest BCUT2D eigenvalue weighted by atomic mass is 9.15. The predicted molar refractivity (Wildman–Crippen MR) is 56.7 cm³/mol. The van der Waals surface area contributed by atoms with E-state index in [1.54, 1.807) is 5.57 Å². The molecule has 0 saturated carbocycles. The Kier molecular flexibility index (Phi) is 2.15. The quantitative estimate of drug-likeness (QED) is 0.350. The normalized spacial score (nSPS) is 30.4. The summed E-state index contributed by atoms with van der Waals surface area (Å²) in [5.41, 5.74) is 2.78. The molecule has 0 unspecified atom stereocenters. The van der Waals surface area contributed by atoms with Crippen molar-refractivity contribution in [2.45, 2.75) is 37.6 Å². The zero-order valence-corrected chi connectivity index (χ0v) is 7.47. The van der Waals surface area contributed by atoms with Gasteiger partial charge >= 0.3 is 0 Å². The Hall–Kier alpha value is -0.0652. The van der Waals surface area contributed by atoms with Gasteiger partial charge in [0.1, 0.15) is 13.9 Å². The molecule has 0 nitrogen and oxygen atoms in total. The van der Waals surface area contributed by atoms with Gasteiger partial charge in [0.15, 0.2) is 0 Å². The van der Waals surface area contributed by atoms with E-state index in [1.807, 2.05) is 0 Å². The van der Waals surface area contributed by atoms with Gasteiger partial charge in [0.2, 0.25) is 0 Å². The van der Waals surface area contributed by atoms with E-state index in [4.69, 9.17) is 0 Å². The molecule has 0 aliphatic carbocycles.